The Labute approximate surface area is 147 Å². The number of amides is 2. The summed E-state index contributed by atoms with van der Waals surface area (Å²) in [5.74, 6) is -0.446. The number of nitrogens with one attached hydrogen (secondary N) is 2. The summed E-state index contributed by atoms with van der Waals surface area (Å²) in [4.78, 5) is 28.9. The van der Waals surface area contributed by atoms with E-state index in [1.165, 1.54) is 6.20 Å². The molecule has 1 aromatic carbocycles. The number of aryl methyl sites for hydroxylation is 2. The van der Waals surface area contributed by atoms with Crippen LogP contribution in [0.1, 0.15) is 58.7 Å². The third-order valence-electron chi connectivity index (χ3n) is 4.40. The summed E-state index contributed by atoms with van der Waals surface area (Å²) < 4.78 is 0. The van der Waals surface area contributed by atoms with E-state index in [0.29, 0.717) is 5.56 Å². The molecule has 0 aliphatic heterocycles. The fraction of sp³-hybridized carbons (Fsp3) is 0.350. The first kappa shape index (κ1) is 17.1. The molecule has 0 saturated heterocycles. The Morgan fingerprint density at radius 2 is 1.76 bits per heavy atom. The molecule has 130 valence electrons. The number of rotatable bonds is 6. The van der Waals surface area contributed by atoms with Gasteiger partial charge in [-0.1, -0.05) is 32.0 Å². The lowest BCUT2D eigenvalue weighted by atomic mass is 10.0. The monoisotopic (exact) mass is 337 g/mol. The Morgan fingerprint density at radius 3 is 2.36 bits per heavy atom. The average molecular weight is 337 g/mol. The molecule has 0 radical (unpaired) electrons. The SMILES string of the molecule is CCc1cccc(CC)c1NC(=O)c1cc(C(=O)NC2CC2)ccn1. The van der Waals surface area contributed by atoms with Gasteiger partial charge in [-0.15, -0.1) is 0 Å². The van der Waals surface area contributed by atoms with Crippen molar-refractivity contribution in [2.24, 2.45) is 0 Å². The Hall–Kier alpha value is -2.69. The molecule has 0 bridgehead atoms. The van der Waals surface area contributed by atoms with Crippen LogP contribution < -0.4 is 10.6 Å². The summed E-state index contributed by atoms with van der Waals surface area (Å²) in [5.41, 5.74) is 3.75. The van der Waals surface area contributed by atoms with Crippen molar-refractivity contribution in [3.8, 4) is 0 Å². The first-order valence-corrected chi connectivity index (χ1v) is 8.81. The minimum atomic E-state index is -0.295. The van der Waals surface area contributed by atoms with Crippen LogP contribution in [-0.2, 0) is 12.8 Å². The number of aromatic nitrogens is 1. The van der Waals surface area contributed by atoms with E-state index < -0.39 is 0 Å². The van der Waals surface area contributed by atoms with Crippen LogP contribution in [0.3, 0.4) is 0 Å². The molecule has 0 spiro atoms. The molecule has 1 fully saturated rings. The standard InChI is InChI=1S/C20H23N3O2/c1-3-13-6-5-7-14(4-2)18(13)23-20(25)17-12-15(10-11-21-17)19(24)22-16-8-9-16/h5-7,10-12,16H,3-4,8-9H2,1-2H3,(H,22,24)(H,23,25). The van der Waals surface area contributed by atoms with Crippen LogP contribution in [0.25, 0.3) is 0 Å². The maximum Gasteiger partial charge on any atom is 0.274 e. The molecule has 2 aromatic rings. The van der Waals surface area contributed by atoms with Crippen molar-refractivity contribution in [2.45, 2.75) is 45.6 Å². The van der Waals surface area contributed by atoms with Gasteiger partial charge in [0.05, 0.1) is 0 Å². The molecule has 5 nitrogen and oxygen atoms in total. The predicted molar refractivity (Wildman–Crippen MR) is 97.9 cm³/mol. The van der Waals surface area contributed by atoms with Crippen molar-refractivity contribution < 1.29 is 9.59 Å². The maximum absolute atomic E-state index is 12.7. The minimum absolute atomic E-state index is 0.151. The van der Waals surface area contributed by atoms with Gasteiger partial charge in [-0.25, -0.2) is 0 Å². The highest BCUT2D eigenvalue weighted by Crippen LogP contribution is 2.23. The van der Waals surface area contributed by atoms with Gasteiger partial charge in [0.2, 0.25) is 0 Å². The Bertz CT molecular complexity index is 775. The molecule has 1 aliphatic rings. The molecule has 1 aromatic heterocycles. The topological polar surface area (TPSA) is 71.1 Å². The van der Waals surface area contributed by atoms with E-state index in [0.717, 1.165) is 42.5 Å². The molecule has 0 unspecified atom stereocenters. The number of para-hydroxylation sites is 1. The lowest BCUT2D eigenvalue weighted by Crippen LogP contribution is -2.26. The van der Waals surface area contributed by atoms with Gasteiger partial charge in [0.15, 0.2) is 0 Å². The van der Waals surface area contributed by atoms with Gasteiger partial charge >= 0.3 is 0 Å². The molecular formula is C20H23N3O2. The van der Waals surface area contributed by atoms with Crippen molar-refractivity contribution in [3.05, 3.63) is 58.9 Å². The lowest BCUT2D eigenvalue weighted by Gasteiger charge is -2.14. The normalized spacial score (nSPS) is 13.4. The molecular weight excluding hydrogens is 314 g/mol. The van der Waals surface area contributed by atoms with Crippen LogP contribution in [-0.4, -0.2) is 22.8 Å². The highest BCUT2D eigenvalue weighted by Gasteiger charge is 2.24. The van der Waals surface area contributed by atoms with E-state index in [-0.39, 0.29) is 23.6 Å². The van der Waals surface area contributed by atoms with Crippen LogP contribution in [0.4, 0.5) is 5.69 Å². The second-order valence-corrected chi connectivity index (χ2v) is 6.29. The van der Waals surface area contributed by atoms with Gasteiger partial charge in [0.25, 0.3) is 11.8 Å². The number of benzene rings is 1. The Kier molecular flexibility index (Phi) is 5.12. The zero-order valence-electron chi connectivity index (χ0n) is 14.6. The molecule has 25 heavy (non-hydrogen) atoms. The number of nitrogens with zero attached hydrogens (tertiary/aromatic N) is 1. The van der Waals surface area contributed by atoms with Crippen molar-refractivity contribution in [3.63, 3.8) is 0 Å². The van der Waals surface area contributed by atoms with Crippen LogP contribution in [0.5, 0.6) is 0 Å². The summed E-state index contributed by atoms with van der Waals surface area (Å²) in [5, 5.41) is 5.91. The van der Waals surface area contributed by atoms with E-state index in [2.05, 4.69) is 29.5 Å². The first-order valence-electron chi connectivity index (χ1n) is 8.81. The molecule has 2 amide bonds. The van der Waals surface area contributed by atoms with Crippen LogP contribution in [0, 0.1) is 0 Å². The number of carbonyl (C=O) groups is 2. The summed E-state index contributed by atoms with van der Waals surface area (Å²) in [6.45, 7) is 4.12. The van der Waals surface area contributed by atoms with Gasteiger partial charge in [0, 0.05) is 23.5 Å². The van der Waals surface area contributed by atoms with Crippen molar-refractivity contribution in [1.82, 2.24) is 10.3 Å². The zero-order chi connectivity index (χ0) is 17.8. The smallest absolute Gasteiger partial charge is 0.274 e. The van der Waals surface area contributed by atoms with Crippen molar-refractivity contribution in [1.29, 1.82) is 0 Å². The largest absolute Gasteiger partial charge is 0.349 e. The fourth-order valence-corrected chi connectivity index (χ4v) is 2.77. The van der Waals surface area contributed by atoms with Crippen LogP contribution in [0.2, 0.25) is 0 Å². The zero-order valence-corrected chi connectivity index (χ0v) is 14.6. The number of hydrogen-bond donors (Lipinski definition) is 2. The van der Waals surface area contributed by atoms with Gasteiger partial charge < -0.3 is 10.6 Å². The lowest BCUT2D eigenvalue weighted by molar-refractivity contribution is 0.0951. The van der Waals surface area contributed by atoms with Crippen LogP contribution >= 0.6 is 0 Å². The molecule has 0 atom stereocenters. The number of pyridine rings is 1. The second-order valence-electron chi connectivity index (χ2n) is 6.29. The first-order chi connectivity index (χ1) is 12.1. The Morgan fingerprint density at radius 1 is 1.08 bits per heavy atom. The average Bonchev–Trinajstić information content (AvgIpc) is 3.45. The number of carbonyl (C=O) groups excluding carboxylic acids is 2. The van der Waals surface area contributed by atoms with E-state index in [1.807, 2.05) is 18.2 Å². The molecule has 1 aliphatic carbocycles. The highest BCUT2D eigenvalue weighted by atomic mass is 16.2. The third kappa shape index (κ3) is 4.05. The Balaban J connectivity index is 1.81. The quantitative estimate of drug-likeness (QED) is 0.849. The molecule has 5 heteroatoms. The summed E-state index contributed by atoms with van der Waals surface area (Å²) >= 11 is 0. The van der Waals surface area contributed by atoms with Crippen LogP contribution in [0.15, 0.2) is 36.5 Å². The second kappa shape index (κ2) is 7.47. The fourth-order valence-electron chi connectivity index (χ4n) is 2.77. The molecule has 1 heterocycles. The van der Waals surface area contributed by atoms with E-state index in [4.69, 9.17) is 0 Å². The van der Waals surface area contributed by atoms with E-state index in [1.54, 1.807) is 12.1 Å². The summed E-state index contributed by atoms with van der Waals surface area (Å²) in [7, 11) is 0. The van der Waals surface area contributed by atoms with E-state index in [9.17, 15) is 9.59 Å². The number of hydrogen-bond acceptors (Lipinski definition) is 3. The molecule has 3 rings (SSSR count). The minimum Gasteiger partial charge on any atom is -0.349 e. The van der Waals surface area contributed by atoms with Crippen molar-refractivity contribution >= 4 is 17.5 Å². The molecule has 1 saturated carbocycles. The van der Waals surface area contributed by atoms with Gasteiger partial charge in [-0.2, -0.15) is 0 Å². The third-order valence-corrected chi connectivity index (χ3v) is 4.40. The number of anilines is 1. The summed E-state index contributed by atoms with van der Waals surface area (Å²) in [6, 6.07) is 9.50. The van der Waals surface area contributed by atoms with Crippen molar-refractivity contribution in [2.75, 3.05) is 5.32 Å². The molecule has 2 N–H and O–H groups in total. The van der Waals surface area contributed by atoms with Gasteiger partial charge in [0.1, 0.15) is 5.69 Å². The highest BCUT2D eigenvalue weighted by molar-refractivity contribution is 6.05. The predicted octanol–water partition coefficient (Wildman–Crippen LogP) is 3.35. The maximum atomic E-state index is 12.7. The van der Waals surface area contributed by atoms with Gasteiger partial charge in [-0.05, 0) is 48.9 Å². The summed E-state index contributed by atoms with van der Waals surface area (Å²) in [6.07, 6.45) is 5.22. The van der Waals surface area contributed by atoms with E-state index >= 15 is 0 Å². The van der Waals surface area contributed by atoms with Gasteiger partial charge in [-0.3, -0.25) is 14.6 Å².